The lowest BCUT2D eigenvalue weighted by molar-refractivity contribution is -0.244. The van der Waals surface area contributed by atoms with Crippen LogP contribution in [0.25, 0.3) is 10.8 Å². The number of sulfonamides is 1. The summed E-state index contributed by atoms with van der Waals surface area (Å²) in [5.41, 5.74) is -4.53. The van der Waals surface area contributed by atoms with Crippen molar-refractivity contribution in [3.63, 3.8) is 0 Å². The van der Waals surface area contributed by atoms with E-state index in [-0.39, 0.29) is 37.1 Å². The lowest BCUT2D eigenvalue weighted by atomic mass is 9.85. The molecule has 3 heterocycles. The van der Waals surface area contributed by atoms with Gasteiger partial charge in [-0.3, -0.25) is 19.1 Å². The van der Waals surface area contributed by atoms with E-state index in [1.54, 1.807) is 31.2 Å². The largest absolute Gasteiger partial charge is 0.481 e. The van der Waals surface area contributed by atoms with Crippen molar-refractivity contribution in [3.05, 3.63) is 42.5 Å². The number of hydrogen-bond donors (Lipinski definition) is 3. The van der Waals surface area contributed by atoms with Crippen LogP contribution in [0.2, 0.25) is 0 Å². The molecular formula is C40H52F3N5O9S. The van der Waals surface area contributed by atoms with Crippen molar-refractivity contribution in [2.45, 2.75) is 126 Å². The minimum Gasteiger partial charge on any atom is -0.481 e. The number of carbonyl (C=O) groups is 4. The number of alkyl halides is 3. The highest BCUT2D eigenvalue weighted by Gasteiger charge is 2.63. The third kappa shape index (κ3) is 8.71. The van der Waals surface area contributed by atoms with E-state index in [9.17, 15) is 40.8 Å². The molecule has 7 atom stereocenters. The minimum absolute atomic E-state index is 0.0335. The molecule has 6 rings (SSSR count). The standard InChI is InChI=1S/C40H52F3N5O9S/c1-7-24-18-23(2)12-8-10-14-26-21-39(26,35(51)47-58(53,54)38(5)16-17-38)46-32(49)29-20-27(56-33-28-15-11-9-13-25(28)19-30(44-33)55-6)22-48(29)34(50)31(24)45-36(52)57-37(3,4)40(41,42)43/h9-11,13-15,19,23-24,26-27,29,31H,7-8,12,16-18,20-22H2,1-6H3,(H,45,52)(H,46,49)(H,47,51)/b14-10-/t23-,24-,26-,27-,29+,31+,39-/m1/s1. The molecule has 2 saturated carbocycles. The molecule has 1 aromatic carbocycles. The number of fused-ring (bicyclic) bond motifs is 3. The second-order valence-electron chi connectivity index (χ2n) is 16.9. The molecule has 2 aliphatic heterocycles. The predicted molar refractivity (Wildman–Crippen MR) is 206 cm³/mol. The molecule has 2 aliphatic carbocycles. The number of rotatable bonds is 9. The third-order valence-corrected chi connectivity index (χ3v) is 14.2. The van der Waals surface area contributed by atoms with Crippen molar-refractivity contribution in [1.82, 2.24) is 25.2 Å². The van der Waals surface area contributed by atoms with Crippen molar-refractivity contribution >= 4 is 44.6 Å². The van der Waals surface area contributed by atoms with Gasteiger partial charge in [0.15, 0.2) is 0 Å². The zero-order chi connectivity index (χ0) is 42.4. The van der Waals surface area contributed by atoms with E-state index in [1.165, 1.54) is 18.9 Å². The van der Waals surface area contributed by atoms with Crippen molar-refractivity contribution in [2.24, 2.45) is 17.8 Å². The Balaban J connectivity index is 1.38. The fourth-order valence-corrected chi connectivity index (χ4v) is 9.07. The van der Waals surface area contributed by atoms with Gasteiger partial charge in [0.05, 0.1) is 18.4 Å². The zero-order valence-corrected chi connectivity index (χ0v) is 34.3. The molecule has 318 valence electrons. The fraction of sp³-hybridized carbons (Fsp3) is 0.625. The van der Waals surface area contributed by atoms with Gasteiger partial charge in [0, 0.05) is 23.8 Å². The quantitative estimate of drug-likeness (QED) is 0.281. The normalized spacial score (nSPS) is 29.4. The molecule has 2 aromatic rings. The number of carbonyl (C=O) groups excluding carboxylic acids is 4. The Bertz CT molecular complexity index is 2070. The number of benzene rings is 1. The first-order valence-electron chi connectivity index (χ1n) is 19.7. The van der Waals surface area contributed by atoms with Gasteiger partial charge >= 0.3 is 12.3 Å². The number of halogens is 3. The lowest BCUT2D eigenvalue weighted by Crippen LogP contribution is -2.60. The highest BCUT2D eigenvalue weighted by molar-refractivity contribution is 7.91. The van der Waals surface area contributed by atoms with Crippen LogP contribution in [0.15, 0.2) is 42.5 Å². The highest BCUT2D eigenvalue weighted by atomic mass is 32.2. The monoisotopic (exact) mass is 835 g/mol. The van der Waals surface area contributed by atoms with Crippen molar-refractivity contribution in [2.75, 3.05) is 13.7 Å². The van der Waals surface area contributed by atoms with Gasteiger partial charge in [0.25, 0.3) is 5.91 Å². The van der Waals surface area contributed by atoms with Crippen LogP contribution in [0.5, 0.6) is 11.8 Å². The van der Waals surface area contributed by atoms with Gasteiger partial charge in [-0.05, 0) is 82.6 Å². The molecular weight excluding hydrogens is 784 g/mol. The summed E-state index contributed by atoms with van der Waals surface area (Å²) < 4.78 is 85.5. The van der Waals surface area contributed by atoms with E-state index in [1.807, 2.05) is 25.1 Å². The first-order chi connectivity index (χ1) is 27.1. The molecule has 18 heteroatoms. The predicted octanol–water partition coefficient (Wildman–Crippen LogP) is 5.30. The van der Waals surface area contributed by atoms with Gasteiger partial charge in [-0.25, -0.2) is 13.2 Å². The summed E-state index contributed by atoms with van der Waals surface area (Å²) >= 11 is 0. The molecule has 58 heavy (non-hydrogen) atoms. The summed E-state index contributed by atoms with van der Waals surface area (Å²) in [7, 11) is -2.64. The average Bonchev–Trinajstić information content (AvgIpc) is 4.03. The van der Waals surface area contributed by atoms with Crippen LogP contribution < -0.4 is 24.8 Å². The maximum absolute atomic E-state index is 14.9. The molecule has 4 amide bonds. The van der Waals surface area contributed by atoms with Crippen LogP contribution in [-0.2, 0) is 29.1 Å². The van der Waals surface area contributed by atoms with Gasteiger partial charge in [-0.1, -0.05) is 50.6 Å². The summed E-state index contributed by atoms with van der Waals surface area (Å²) in [4.78, 5) is 62.3. The smallest absolute Gasteiger partial charge is 0.427 e. The summed E-state index contributed by atoms with van der Waals surface area (Å²) in [5, 5.41) is 6.60. The second kappa shape index (κ2) is 15.9. The molecule has 0 radical (unpaired) electrons. The van der Waals surface area contributed by atoms with E-state index in [2.05, 4.69) is 20.3 Å². The number of nitrogens with one attached hydrogen (secondary N) is 3. The second-order valence-corrected chi connectivity index (χ2v) is 19.1. The number of methoxy groups -OCH3 is 1. The minimum atomic E-state index is -4.91. The lowest BCUT2D eigenvalue weighted by Gasteiger charge is -2.35. The maximum atomic E-state index is 14.9. The Morgan fingerprint density at radius 2 is 1.83 bits per heavy atom. The van der Waals surface area contributed by atoms with Gasteiger partial charge < -0.3 is 29.7 Å². The van der Waals surface area contributed by atoms with E-state index in [0.29, 0.717) is 57.8 Å². The Morgan fingerprint density at radius 1 is 1.12 bits per heavy atom. The summed E-state index contributed by atoms with van der Waals surface area (Å²) in [6.45, 7) is 6.47. The molecule has 0 bridgehead atoms. The van der Waals surface area contributed by atoms with Gasteiger partial charge in [0.2, 0.25) is 39.2 Å². The topological polar surface area (TPSA) is 182 Å². The van der Waals surface area contributed by atoms with Gasteiger partial charge in [0.1, 0.15) is 23.7 Å². The summed E-state index contributed by atoms with van der Waals surface area (Å²) in [6, 6.07) is 6.19. The Kier molecular flexibility index (Phi) is 11.8. The number of alkyl carbamates (subject to hydrolysis) is 1. The van der Waals surface area contributed by atoms with E-state index in [0.717, 1.165) is 5.39 Å². The Morgan fingerprint density at radius 3 is 2.48 bits per heavy atom. The van der Waals surface area contributed by atoms with Gasteiger partial charge in [-0.2, -0.15) is 18.2 Å². The van der Waals surface area contributed by atoms with E-state index < -0.39 is 85.9 Å². The van der Waals surface area contributed by atoms with E-state index in [4.69, 9.17) is 14.2 Å². The number of hydrogen-bond acceptors (Lipinski definition) is 10. The van der Waals surface area contributed by atoms with E-state index >= 15 is 0 Å². The van der Waals surface area contributed by atoms with Crippen molar-refractivity contribution in [1.29, 1.82) is 0 Å². The molecule has 1 saturated heterocycles. The summed E-state index contributed by atoms with van der Waals surface area (Å²) in [6.07, 6.45) is -0.967. The first kappa shape index (κ1) is 43.0. The number of amides is 4. The molecule has 4 aliphatic rings. The number of nitrogens with zero attached hydrogens (tertiary/aromatic N) is 2. The fourth-order valence-electron chi connectivity index (χ4n) is 7.76. The molecule has 0 spiro atoms. The van der Waals surface area contributed by atoms with Crippen LogP contribution in [0.1, 0.15) is 86.0 Å². The van der Waals surface area contributed by atoms with Gasteiger partial charge in [-0.15, -0.1) is 0 Å². The highest BCUT2D eigenvalue weighted by Crippen LogP contribution is 2.48. The molecule has 0 unspecified atom stereocenters. The average molecular weight is 836 g/mol. The number of ether oxygens (including phenoxy) is 3. The van der Waals surface area contributed by atoms with Crippen LogP contribution in [0, 0.1) is 17.8 Å². The molecule has 14 nitrogen and oxygen atoms in total. The zero-order valence-electron chi connectivity index (χ0n) is 33.5. The number of pyridine rings is 1. The number of allylic oxidation sites excluding steroid dienone is 1. The molecule has 3 fully saturated rings. The Labute approximate surface area is 336 Å². The van der Waals surface area contributed by atoms with Crippen LogP contribution in [-0.4, -0.2) is 96.0 Å². The van der Waals surface area contributed by atoms with Crippen LogP contribution in [0.4, 0.5) is 18.0 Å². The number of aromatic nitrogens is 1. The SMILES string of the molecule is CC[C@@H]1C[C@H](C)CC/C=C\[C@@H]2C[C@@]2(C(=O)NS(=O)(=O)C2(C)CC2)NC(=O)[C@@H]2C[C@@H](Oc3nc(OC)cc4ccccc34)CN2C(=O)[C@H]1NC(=O)OC(C)(C)C(F)(F)F. The van der Waals surface area contributed by atoms with Crippen molar-refractivity contribution < 1.29 is 55.0 Å². The maximum Gasteiger partial charge on any atom is 0.427 e. The Hall–Kier alpha value is -4.61. The first-order valence-corrected chi connectivity index (χ1v) is 21.1. The van der Waals surface area contributed by atoms with Crippen molar-refractivity contribution in [3.8, 4) is 11.8 Å². The summed E-state index contributed by atoms with van der Waals surface area (Å²) in [5.74, 6) is -3.20. The molecule has 1 aromatic heterocycles. The van der Waals surface area contributed by atoms with Crippen LogP contribution >= 0.6 is 0 Å². The van der Waals surface area contributed by atoms with Crippen LogP contribution in [0.3, 0.4) is 0 Å². The third-order valence-electron chi connectivity index (χ3n) is 12.1. The molecule has 3 N–H and O–H groups in total.